The average Bonchev–Trinajstić information content (AvgIpc) is 3.53. The molecule has 0 saturated carbocycles. The first kappa shape index (κ1) is 85.6. The van der Waals surface area contributed by atoms with E-state index in [0.717, 1.165) is 38.5 Å². The minimum atomic E-state index is -0.841. The molecule has 0 bridgehead atoms. The van der Waals surface area contributed by atoms with Gasteiger partial charge < -0.3 is 20.3 Å². The zero-order valence-corrected chi connectivity index (χ0v) is 59.5. The minimum Gasteiger partial charge on any atom is -0.466 e. The second-order valence-corrected chi connectivity index (χ2v) is 28.1. The smallest absolute Gasteiger partial charge is 0.305 e. The number of hydrogen-bond acceptors (Lipinski definition) is 5. The lowest BCUT2D eigenvalue weighted by Gasteiger charge is -2.20. The average molecular weight is 1230 g/mol. The van der Waals surface area contributed by atoms with Crippen molar-refractivity contribution in [3.63, 3.8) is 0 Å². The summed E-state index contributed by atoms with van der Waals surface area (Å²) in [6, 6.07) is -0.624. The summed E-state index contributed by atoms with van der Waals surface area (Å²) >= 11 is 0. The number of hydrogen-bond donors (Lipinski definition) is 3. The van der Waals surface area contributed by atoms with Crippen LogP contribution in [0.15, 0.2) is 12.2 Å². The van der Waals surface area contributed by atoms with Crippen LogP contribution in [-0.2, 0) is 14.3 Å². The standard InChI is InChI=1S/C81H159NO5/c1-3-5-7-9-11-13-15-17-19-21-39-42-45-49-53-57-61-65-69-73-79(84)78(77-83)82-80(85)74-70-66-62-58-54-50-46-43-40-37-35-33-31-29-27-25-23-22-24-26-28-30-32-34-36-38-41-44-48-52-56-60-64-68-72-76-87-81(86)75-71-67-63-59-55-51-47-20-18-16-14-12-10-8-6-4-2/h69,73,78-79,83-84H,3-68,70-72,74-77H2,1-2H3,(H,82,85)/b73-69+. The normalized spacial score (nSPS) is 12.5. The Labute approximate surface area is 546 Å². The third kappa shape index (κ3) is 73.5. The van der Waals surface area contributed by atoms with Gasteiger partial charge in [-0.2, -0.15) is 0 Å². The molecular formula is C81H159NO5. The molecule has 2 unspecified atom stereocenters. The molecule has 3 N–H and O–H groups in total. The molecule has 0 aromatic carbocycles. The van der Waals surface area contributed by atoms with Crippen LogP contribution in [-0.4, -0.2) is 47.4 Å². The summed E-state index contributed by atoms with van der Waals surface area (Å²) in [6.45, 7) is 4.97. The molecule has 6 heteroatoms. The Morgan fingerprint density at radius 2 is 0.529 bits per heavy atom. The Morgan fingerprint density at radius 3 is 0.782 bits per heavy atom. The van der Waals surface area contributed by atoms with E-state index in [1.165, 1.54) is 405 Å². The lowest BCUT2D eigenvalue weighted by atomic mass is 10.0. The number of nitrogens with one attached hydrogen (secondary N) is 1. The molecule has 518 valence electrons. The van der Waals surface area contributed by atoms with Crippen molar-refractivity contribution in [2.75, 3.05) is 13.2 Å². The number of aliphatic hydroxyl groups excluding tert-OH is 2. The van der Waals surface area contributed by atoms with Gasteiger partial charge in [-0.05, 0) is 32.1 Å². The third-order valence-corrected chi connectivity index (χ3v) is 19.3. The molecule has 0 aliphatic rings. The number of carbonyl (C=O) groups is 2. The first-order chi connectivity index (χ1) is 43.0. The Hall–Kier alpha value is -1.40. The molecule has 0 heterocycles. The van der Waals surface area contributed by atoms with Crippen LogP contribution < -0.4 is 5.32 Å². The van der Waals surface area contributed by atoms with E-state index >= 15 is 0 Å². The third-order valence-electron chi connectivity index (χ3n) is 19.3. The molecule has 0 aliphatic carbocycles. The van der Waals surface area contributed by atoms with Crippen LogP contribution in [0.25, 0.3) is 0 Å². The highest BCUT2D eigenvalue weighted by molar-refractivity contribution is 5.76. The summed E-state index contributed by atoms with van der Waals surface area (Å²) in [4.78, 5) is 24.6. The number of ether oxygens (including phenoxy) is 1. The number of esters is 1. The molecule has 0 fully saturated rings. The Balaban J connectivity index is 3.31. The van der Waals surface area contributed by atoms with Gasteiger partial charge in [-0.1, -0.05) is 437 Å². The maximum absolute atomic E-state index is 12.5. The number of carbonyl (C=O) groups excluding carboxylic acids is 2. The summed E-state index contributed by atoms with van der Waals surface area (Å²) in [7, 11) is 0. The molecule has 0 aromatic rings. The number of aliphatic hydroxyl groups is 2. The predicted octanol–water partition coefficient (Wildman–Crippen LogP) is 26.7. The number of rotatable bonds is 77. The van der Waals surface area contributed by atoms with Crippen molar-refractivity contribution in [3.05, 3.63) is 12.2 Å². The van der Waals surface area contributed by atoms with Crippen LogP contribution in [0.1, 0.15) is 470 Å². The zero-order chi connectivity index (χ0) is 62.8. The van der Waals surface area contributed by atoms with Gasteiger partial charge in [0.15, 0.2) is 0 Å². The summed E-state index contributed by atoms with van der Waals surface area (Å²) < 4.78 is 5.51. The van der Waals surface area contributed by atoms with E-state index in [4.69, 9.17) is 4.74 Å². The molecule has 1 amide bonds. The van der Waals surface area contributed by atoms with Gasteiger partial charge in [0.1, 0.15) is 0 Å². The van der Waals surface area contributed by atoms with E-state index in [9.17, 15) is 19.8 Å². The van der Waals surface area contributed by atoms with Crippen LogP contribution in [0.3, 0.4) is 0 Å². The van der Waals surface area contributed by atoms with Crippen molar-refractivity contribution in [1.29, 1.82) is 0 Å². The van der Waals surface area contributed by atoms with E-state index < -0.39 is 12.1 Å². The van der Waals surface area contributed by atoms with Crippen LogP contribution in [0.5, 0.6) is 0 Å². The van der Waals surface area contributed by atoms with E-state index in [1.54, 1.807) is 6.08 Å². The maximum Gasteiger partial charge on any atom is 0.305 e. The van der Waals surface area contributed by atoms with Crippen molar-refractivity contribution in [1.82, 2.24) is 5.32 Å². The quantitative estimate of drug-likeness (QED) is 0.0320. The highest BCUT2D eigenvalue weighted by Crippen LogP contribution is 2.20. The molecular weight excluding hydrogens is 1070 g/mol. The molecule has 0 radical (unpaired) electrons. The van der Waals surface area contributed by atoms with E-state index in [-0.39, 0.29) is 18.5 Å². The SMILES string of the molecule is CCCCCCCCCCCCCCCCCCC/C=C/C(O)C(CO)NC(=O)CCCCCCCCCCCCCCCCCCCCCCCCCCCCCCCCCCCCCOC(=O)CCCCCCCCCCCCCCCCCC. The second-order valence-electron chi connectivity index (χ2n) is 28.1. The molecule has 0 rings (SSSR count). The summed E-state index contributed by atoms with van der Waals surface area (Å²) in [5, 5.41) is 23.3. The fourth-order valence-electron chi connectivity index (χ4n) is 13.2. The van der Waals surface area contributed by atoms with Crippen molar-refractivity contribution in [3.8, 4) is 0 Å². The highest BCUT2D eigenvalue weighted by Gasteiger charge is 2.18. The predicted molar refractivity (Wildman–Crippen MR) is 384 cm³/mol. The first-order valence-electron chi connectivity index (χ1n) is 40.5. The molecule has 0 aromatic heterocycles. The minimum absolute atomic E-state index is 0.0271. The van der Waals surface area contributed by atoms with Gasteiger partial charge in [-0.3, -0.25) is 9.59 Å². The summed E-state index contributed by atoms with van der Waals surface area (Å²) in [6.07, 6.45) is 97.8. The maximum atomic E-state index is 12.5. The highest BCUT2D eigenvalue weighted by atomic mass is 16.5. The second kappa shape index (κ2) is 77.1. The van der Waals surface area contributed by atoms with Gasteiger partial charge in [0.25, 0.3) is 0 Å². The fourth-order valence-corrected chi connectivity index (χ4v) is 13.2. The van der Waals surface area contributed by atoms with E-state index in [1.807, 2.05) is 6.08 Å². The monoisotopic (exact) mass is 1230 g/mol. The van der Waals surface area contributed by atoms with Crippen LogP contribution in [0.2, 0.25) is 0 Å². The zero-order valence-electron chi connectivity index (χ0n) is 59.5. The van der Waals surface area contributed by atoms with Gasteiger partial charge in [-0.25, -0.2) is 0 Å². The van der Waals surface area contributed by atoms with Crippen molar-refractivity contribution < 1.29 is 24.5 Å². The van der Waals surface area contributed by atoms with Gasteiger partial charge >= 0.3 is 5.97 Å². The molecule has 0 saturated heterocycles. The van der Waals surface area contributed by atoms with Crippen LogP contribution >= 0.6 is 0 Å². The Bertz CT molecular complexity index is 1320. The van der Waals surface area contributed by atoms with Gasteiger partial charge in [0.05, 0.1) is 25.4 Å². The molecule has 0 spiro atoms. The number of unbranched alkanes of at least 4 members (excludes halogenated alkanes) is 66. The first-order valence-corrected chi connectivity index (χ1v) is 40.5. The Morgan fingerprint density at radius 1 is 0.310 bits per heavy atom. The van der Waals surface area contributed by atoms with Gasteiger partial charge in [-0.15, -0.1) is 0 Å². The number of amides is 1. The van der Waals surface area contributed by atoms with Crippen LogP contribution in [0.4, 0.5) is 0 Å². The Kier molecular flexibility index (Phi) is 75.8. The van der Waals surface area contributed by atoms with Crippen molar-refractivity contribution in [2.45, 2.75) is 482 Å². The lowest BCUT2D eigenvalue weighted by Crippen LogP contribution is -2.45. The van der Waals surface area contributed by atoms with Gasteiger partial charge in [0.2, 0.25) is 5.91 Å². The number of allylic oxidation sites excluding steroid dienone is 1. The summed E-state index contributed by atoms with van der Waals surface area (Å²) in [5.41, 5.74) is 0. The molecule has 0 aliphatic heterocycles. The van der Waals surface area contributed by atoms with Crippen molar-refractivity contribution in [2.24, 2.45) is 0 Å². The summed E-state index contributed by atoms with van der Waals surface area (Å²) in [5.74, 6) is -0.0307. The van der Waals surface area contributed by atoms with Crippen molar-refractivity contribution >= 4 is 11.9 Å². The van der Waals surface area contributed by atoms with Gasteiger partial charge in [0, 0.05) is 12.8 Å². The van der Waals surface area contributed by atoms with E-state index in [0.29, 0.717) is 19.4 Å². The molecule has 87 heavy (non-hydrogen) atoms. The largest absolute Gasteiger partial charge is 0.466 e. The fraction of sp³-hybridized carbons (Fsp3) is 0.951. The van der Waals surface area contributed by atoms with Crippen LogP contribution in [0, 0.1) is 0 Å². The lowest BCUT2D eigenvalue weighted by molar-refractivity contribution is -0.143. The van der Waals surface area contributed by atoms with E-state index in [2.05, 4.69) is 19.2 Å². The molecule has 6 nitrogen and oxygen atoms in total. The topological polar surface area (TPSA) is 95.9 Å². The molecule has 2 atom stereocenters.